The number of para-hydroxylation sites is 1. The van der Waals surface area contributed by atoms with Gasteiger partial charge in [0.1, 0.15) is 12.4 Å². The van der Waals surface area contributed by atoms with Crippen LogP contribution >= 0.6 is 0 Å². The van der Waals surface area contributed by atoms with Crippen LogP contribution < -0.4 is 4.90 Å². The molecule has 2 aromatic rings. The van der Waals surface area contributed by atoms with Crippen molar-refractivity contribution < 1.29 is 9.59 Å². The number of piperazine rings is 1. The number of anilines is 1. The van der Waals surface area contributed by atoms with E-state index in [0.717, 1.165) is 36.7 Å². The van der Waals surface area contributed by atoms with E-state index in [0.29, 0.717) is 26.2 Å². The summed E-state index contributed by atoms with van der Waals surface area (Å²) >= 11 is 0. The maximum atomic E-state index is 13.0. The van der Waals surface area contributed by atoms with Crippen LogP contribution in [0.1, 0.15) is 11.1 Å². The number of carbonyl (C=O) groups excluding carboxylic acids is 2. The molecular formula is C23H25N5O2. The van der Waals surface area contributed by atoms with Crippen molar-refractivity contribution in [2.75, 3.05) is 50.7 Å². The summed E-state index contributed by atoms with van der Waals surface area (Å²) < 4.78 is 0. The zero-order chi connectivity index (χ0) is 20.5. The summed E-state index contributed by atoms with van der Waals surface area (Å²) in [4.78, 5) is 38.1. The van der Waals surface area contributed by atoms with E-state index in [1.54, 1.807) is 9.80 Å². The molecule has 3 aliphatic heterocycles. The van der Waals surface area contributed by atoms with Crippen LogP contribution in [-0.4, -0.2) is 78.3 Å². The van der Waals surface area contributed by atoms with Crippen molar-refractivity contribution in [1.82, 2.24) is 14.7 Å². The molecule has 0 N–H and O–H groups in total. The van der Waals surface area contributed by atoms with Crippen molar-refractivity contribution in [1.29, 1.82) is 0 Å². The van der Waals surface area contributed by atoms with Crippen LogP contribution in [0.4, 0.5) is 10.5 Å². The summed E-state index contributed by atoms with van der Waals surface area (Å²) in [6.45, 7) is 5.21. The third-order valence-corrected chi connectivity index (χ3v) is 6.01. The van der Waals surface area contributed by atoms with E-state index in [2.05, 4.69) is 34.2 Å². The SMILES string of the molecule is O=C(CN1C(=O)N2CCN=C2c2ccccc21)N1CCN(Cc2ccccc2)CC1. The predicted molar refractivity (Wildman–Crippen MR) is 116 cm³/mol. The van der Waals surface area contributed by atoms with Crippen molar-refractivity contribution in [2.24, 2.45) is 4.99 Å². The van der Waals surface area contributed by atoms with Crippen LogP contribution in [0.2, 0.25) is 0 Å². The second kappa shape index (κ2) is 7.91. The van der Waals surface area contributed by atoms with Gasteiger partial charge >= 0.3 is 6.03 Å². The van der Waals surface area contributed by atoms with Gasteiger partial charge in [-0.25, -0.2) is 4.79 Å². The van der Waals surface area contributed by atoms with Gasteiger partial charge in [-0.05, 0) is 17.7 Å². The Morgan fingerprint density at radius 1 is 0.900 bits per heavy atom. The third-order valence-electron chi connectivity index (χ3n) is 6.01. The molecule has 0 bridgehead atoms. The molecule has 0 atom stereocenters. The van der Waals surface area contributed by atoms with E-state index < -0.39 is 0 Å². The number of urea groups is 1. The first-order valence-corrected chi connectivity index (χ1v) is 10.5. The molecule has 7 nitrogen and oxygen atoms in total. The topological polar surface area (TPSA) is 59.5 Å². The van der Waals surface area contributed by atoms with E-state index in [1.807, 2.05) is 35.2 Å². The highest BCUT2D eigenvalue weighted by molar-refractivity contribution is 6.20. The minimum absolute atomic E-state index is 0.00269. The molecule has 1 fully saturated rings. The maximum Gasteiger partial charge on any atom is 0.330 e. The number of fused-ring (bicyclic) bond motifs is 3. The van der Waals surface area contributed by atoms with Crippen molar-refractivity contribution >= 4 is 23.5 Å². The normalized spacial score (nSPS) is 18.9. The van der Waals surface area contributed by atoms with Crippen LogP contribution in [0.5, 0.6) is 0 Å². The number of rotatable bonds is 4. The molecule has 3 heterocycles. The van der Waals surface area contributed by atoms with E-state index in [4.69, 9.17) is 0 Å². The van der Waals surface area contributed by atoms with Gasteiger partial charge in [0.2, 0.25) is 5.91 Å². The quantitative estimate of drug-likeness (QED) is 0.785. The molecule has 7 heteroatoms. The monoisotopic (exact) mass is 403 g/mol. The molecule has 0 aliphatic carbocycles. The van der Waals surface area contributed by atoms with Gasteiger partial charge < -0.3 is 4.90 Å². The Balaban J connectivity index is 1.24. The molecule has 0 spiro atoms. The van der Waals surface area contributed by atoms with Gasteiger partial charge in [0.25, 0.3) is 0 Å². The minimum atomic E-state index is -0.152. The zero-order valence-electron chi connectivity index (χ0n) is 16.9. The first kappa shape index (κ1) is 18.8. The molecule has 1 saturated heterocycles. The Bertz CT molecular complexity index is 982. The Morgan fingerprint density at radius 3 is 2.43 bits per heavy atom. The Kier molecular flexibility index (Phi) is 4.96. The Hall–Kier alpha value is -3.19. The molecule has 3 amide bonds. The number of aliphatic imine (C=N–C) groups is 1. The second-order valence-corrected chi connectivity index (χ2v) is 7.89. The van der Waals surface area contributed by atoms with Gasteiger partial charge in [0.05, 0.1) is 12.2 Å². The van der Waals surface area contributed by atoms with Crippen molar-refractivity contribution in [3.8, 4) is 0 Å². The largest absolute Gasteiger partial charge is 0.339 e. The van der Waals surface area contributed by atoms with E-state index in [-0.39, 0.29) is 18.5 Å². The second-order valence-electron chi connectivity index (χ2n) is 7.89. The fourth-order valence-corrected chi connectivity index (χ4v) is 4.40. The van der Waals surface area contributed by atoms with Crippen LogP contribution in [-0.2, 0) is 11.3 Å². The zero-order valence-corrected chi connectivity index (χ0v) is 16.9. The number of carbonyl (C=O) groups is 2. The molecular weight excluding hydrogens is 378 g/mol. The van der Waals surface area contributed by atoms with E-state index >= 15 is 0 Å². The van der Waals surface area contributed by atoms with Gasteiger partial charge in [-0.3, -0.25) is 24.5 Å². The van der Waals surface area contributed by atoms with Crippen molar-refractivity contribution in [3.63, 3.8) is 0 Å². The predicted octanol–water partition coefficient (Wildman–Crippen LogP) is 2.03. The van der Waals surface area contributed by atoms with Gasteiger partial charge in [0.15, 0.2) is 0 Å². The van der Waals surface area contributed by atoms with Crippen LogP contribution in [0.15, 0.2) is 59.6 Å². The highest BCUT2D eigenvalue weighted by Crippen LogP contribution is 2.30. The summed E-state index contributed by atoms with van der Waals surface area (Å²) in [6.07, 6.45) is 0. The smallest absolute Gasteiger partial charge is 0.330 e. The van der Waals surface area contributed by atoms with Gasteiger partial charge in [-0.15, -0.1) is 0 Å². The molecule has 0 aromatic heterocycles. The highest BCUT2D eigenvalue weighted by atomic mass is 16.2. The minimum Gasteiger partial charge on any atom is -0.339 e. The fourth-order valence-electron chi connectivity index (χ4n) is 4.40. The van der Waals surface area contributed by atoms with Crippen LogP contribution in [0, 0.1) is 0 Å². The van der Waals surface area contributed by atoms with E-state index in [1.165, 1.54) is 5.56 Å². The molecule has 30 heavy (non-hydrogen) atoms. The average Bonchev–Trinajstić information content (AvgIpc) is 3.28. The summed E-state index contributed by atoms with van der Waals surface area (Å²) in [6, 6.07) is 18.0. The first-order valence-electron chi connectivity index (χ1n) is 10.5. The van der Waals surface area contributed by atoms with Gasteiger partial charge in [-0.2, -0.15) is 0 Å². The number of hydrogen-bond donors (Lipinski definition) is 0. The lowest BCUT2D eigenvalue weighted by Crippen LogP contribution is -2.55. The number of amidine groups is 1. The number of hydrogen-bond acceptors (Lipinski definition) is 4. The van der Waals surface area contributed by atoms with Gasteiger partial charge in [-0.1, -0.05) is 42.5 Å². The first-order chi connectivity index (χ1) is 14.7. The standard InChI is InChI=1S/C23H25N5O2/c29-21(26-14-12-25(13-15-26)16-18-6-2-1-3-7-18)17-28-20-9-5-4-8-19(20)22-24-10-11-27(22)23(28)30/h1-9H,10-17H2. The summed E-state index contributed by atoms with van der Waals surface area (Å²) in [5.41, 5.74) is 2.99. The van der Waals surface area contributed by atoms with Crippen LogP contribution in [0.25, 0.3) is 0 Å². The van der Waals surface area contributed by atoms with Crippen molar-refractivity contribution in [2.45, 2.75) is 6.54 Å². The number of nitrogens with zero attached hydrogens (tertiary/aromatic N) is 5. The third kappa shape index (κ3) is 3.45. The van der Waals surface area contributed by atoms with Crippen LogP contribution in [0.3, 0.4) is 0 Å². The molecule has 2 aromatic carbocycles. The lowest BCUT2D eigenvalue weighted by molar-refractivity contribution is -0.131. The molecule has 0 radical (unpaired) electrons. The summed E-state index contributed by atoms with van der Waals surface area (Å²) in [7, 11) is 0. The lowest BCUT2D eigenvalue weighted by Gasteiger charge is -2.38. The fraction of sp³-hybridized carbons (Fsp3) is 0.348. The lowest BCUT2D eigenvalue weighted by atomic mass is 10.1. The number of amides is 3. The van der Waals surface area contributed by atoms with Gasteiger partial charge in [0, 0.05) is 44.8 Å². The Morgan fingerprint density at radius 2 is 1.63 bits per heavy atom. The molecule has 0 saturated carbocycles. The van der Waals surface area contributed by atoms with Crippen molar-refractivity contribution in [3.05, 3.63) is 65.7 Å². The molecule has 154 valence electrons. The Labute approximate surface area is 176 Å². The van der Waals surface area contributed by atoms with E-state index in [9.17, 15) is 9.59 Å². The maximum absolute atomic E-state index is 13.0. The average molecular weight is 403 g/mol. The molecule has 0 unspecified atom stereocenters. The summed E-state index contributed by atoms with van der Waals surface area (Å²) in [5, 5.41) is 0. The summed E-state index contributed by atoms with van der Waals surface area (Å²) in [5.74, 6) is 0.728. The number of benzene rings is 2. The molecule has 5 rings (SSSR count). The molecule has 3 aliphatic rings. The highest BCUT2D eigenvalue weighted by Gasteiger charge is 2.38.